The molecule has 0 radical (unpaired) electrons. The second-order valence-corrected chi connectivity index (χ2v) is 7.89. The number of hydrogen-bond acceptors (Lipinski definition) is 5. The lowest BCUT2D eigenvalue weighted by Crippen LogP contribution is -2.37. The van der Waals surface area contributed by atoms with Crippen molar-refractivity contribution in [2.45, 2.75) is 40.3 Å². The maximum absolute atomic E-state index is 13.3. The van der Waals surface area contributed by atoms with Gasteiger partial charge in [0.25, 0.3) is 11.5 Å². The number of nitrogens with zero attached hydrogens (tertiary/aromatic N) is 5. The molecule has 4 rings (SSSR count). The van der Waals surface area contributed by atoms with Gasteiger partial charge in [0.05, 0.1) is 28.8 Å². The SMILES string of the molecule is Cc1nn(C)c(C)c1-c1cc(C(=O)N(Cc2nc3ccccc3c(=O)[nH]2)C(C)C)[nH]n1. The summed E-state index contributed by atoms with van der Waals surface area (Å²) in [7, 11) is 1.88. The number of para-hydroxylation sites is 1. The molecular formula is C22H25N7O2. The standard InChI is InChI=1S/C22H25N7O2/c1-12(2)29(11-19-23-16-9-7-6-8-15(16)21(30)24-19)22(31)18-10-17(25-26-18)20-13(3)27-28(5)14(20)4/h6-10,12H,11H2,1-5H3,(H,25,26)(H,23,24,30). The summed E-state index contributed by atoms with van der Waals surface area (Å²) in [5, 5.41) is 12.1. The minimum Gasteiger partial charge on any atom is -0.327 e. The van der Waals surface area contributed by atoms with Crippen LogP contribution in [0.5, 0.6) is 0 Å². The summed E-state index contributed by atoms with van der Waals surface area (Å²) in [6.07, 6.45) is 0. The molecular weight excluding hydrogens is 394 g/mol. The van der Waals surface area contributed by atoms with E-state index in [1.165, 1.54) is 0 Å². The van der Waals surface area contributed by atoms with Crippen LogP contribution in [0.4, 0.5) is 0 Å². The molecule has 0 aliphatic heterocycles. The van der Waals surface area contributed by atoms with Gasteiger partial charge in [0, 0.05) is 24.3 Å². The highest BCUT2D eigenvalue weighted by molar-refractivity contribution is 5.93. The van der Waals surface area contributed by atoms with Crippen LogP contribution in [0.15, 0.2) is 35.1 Å². The first-order valence-electron chi connectivity index (χ1n) is 10.1. The van der Waals surface area contributed by atoms with Crippen molar-refractivity contribution in [3.63, 3.8) is 0 Å². The Morgan fingerprint density at radius 2 is 1.97 bits per heavy atom. The minimum atomic E-state index is -0.219. The predicted octanol–water partition coefficient (Wildman–Crippen LogP) is 2.71. The van der Waals surface area contributed by atoms with E-state index < -0.39 is 0 Å². The number of aromatic nitrogens is 6. The zero-order valence-corrected chi connectivity index (χ0v) is 18.2. The number of carbonyl (C=O) groups is 1. The summed E-state index contributed by atoms with van der Waals surface area (Å²) in [4.78, 5) is 34.6. The van der Waals surface area contributed by atoms with Gasteiger partial charge in [0.2, 0.25) is 0 Å². The quantitative estimate of drug-likeness (QED) is 0.516. The number of carbonyl (C=O) groups excluding carboxylic acids is 1. The highest BCUT2D eigenvalue weighted by atomic mass is 16.2. The molecule has 9 nitrogen and oxygen atoms in total. The van der Waals surface area contributed by atoms with Crippen molar-refractivity contribution in [3.05, 3.63) is 63.6 Å². The maximum atomic E-state index is 13.3. The molecule has 0 atom stereocenters. The molecule has 0 unspecified atom stereocenters. The van der Waals surface area contributed by atoms with Crippen LogP contribution in [0.3, 0.4) is 0 Å². The number of hydrogen-bond donors (Lipinski definition) is 2. The van der Waals surface area contributed by atoms with Crippen molar-refractivity contribution in [3.8, 4) is 11.3 Å². The van der Waals surface area contributed by atoms with E-state index in [0.29, 0.717) is 28.1 Å². The molecule has 160 valence electrons. The summed E-state index contributed by atoms with van der Waals surface area (Å²) in [6.45, 7) is 7.90. The minimum absolute atomic E-state index is 0.113. The molecule has 0 fully saturated rings. The van der Waals surface area contributed by atoms with Gasteiger partial charge < -0.3 is 9.88 Å². The third-order valence-corrected chi connectivity index (χ3v) is 5.44. The van der Waals surface area contributed by atoms with E-state index in [0.717, 1.165) is 17.0 Å². The first kappa shape index (κ1) is 20.5. The van der Waals surface area contributed by atoms with Crippen molar-refractivity contribution >= 4 is 16.8 Å². The molecule has 2 N–H and O–H groups in total. The highest BCUT2D eigenvalue weighted by Crippen LogP contribution is 2.25. The summed E-state index contributed by atoms with van der Waals surface area (Å²) in [5.74, 6) is 0.216. The topological polar surface area (TPSA) is 113 Å². The largest absolute Gasteiger partial charge is 0.327 e. The lowest BCUT2D eigenvalue weighted by molar-refractivity contribution is 0.0679. The summed E-state index contributed by atoms with van der Waals surface area (Å²) in [5.41, 5.74) is 4.16. The number of aromatic amines is 2. The van der Waals surface area contributed by atoms with Crippen molar-refractivity contribution in [1.82, 2.24) is 34.8 Å². The van der Waals surface area contributed by atoms with Gasteiger partial charge in [-0.2, -0.15) is 10.2 Å². The monoisotopic (exact) mass is 419 g/mol. The van der Waals surface area contributed by atoms with Crippen LogP contribution in [0.1, 0.15) is 41.5 Å². The van der Waals surface area contributed by atoms with Gasteiger partial charge in [-0.3, -0.25) is 19.4 Å². The van der Waals surface area contributed by atoms with Crippen LogP contribution in [0.25, 0.3) is 22.2 Å². The zero-order chi connectivity index (χ0) is 22.3. The van der Waals surface area contributed by atoms with Gasteiger partial charge in [0.1, 0.15) is 11.5 Å². The van der Waals surface area contributed by atoms with Crippen molar-refractivity contribution in [2.24, 2.45) is 7.05 Å². The van der Waals surface area contributed by atoms with Gasteiger partial charge in [-0.1, -0.05) is 12.1 Å². The number of nitrogens with one attached hydrogen (secondary N) is 2. The molecule has 0 aliphatic carbocycles. The van der Waals surface area contributed by atoms with Gasteiger partial charge in [-0.15, -0.1) is 0 Å². The third kappa shape index (κ3) is 3.74. The van der Waals surface area contributed by atoms with E-state index in [4.69, 9.17) is 0 Å². The number of aryl methyl sites for hydroxylation is 2. The molecule has 0 bridgehead atoms. The first-order valence-corrected chi connectivity index (χ1v) is 10.1. The lowest BCUT2D eigenvalue weighted by Gasteiger charge is -2.25. The molecule has 1 amide bonds. The molecule has 3 heterocycles. The highest BCUT2D eigenvalue weighted by Gasteiger charge is 2.24. The second kappa shape index (κ2) is 7.82. The number of benzene rings is 1. The van der Waals surface area contributed by atoms with Crippen LogP contribution in [0.2, 0.25) is 0 Å². The molecule has 9 heteroatoms. The van der Waals surface area contributed by atoms with Gasteiger partial charge in [-0.25, -0.2) is 4.98 Å². The summed E-state index contributed by atoms with van der Waals surface area (Å²) >= 11 is 0. The Kier molecular flexibility index (Phi) is 5.18. The Morgan fingerprint density at radius 1 is 1.23 bits per heavy atom. The van der Waals surface area contributed by atoms with Crippen LogP contribution >= 0.6 is 0 Å². The fourth-order valence-electron chi connectivity index (χ4n) is 3.72. The summed E-state index contributed by atoms with van der Waals surface area (Å²) < 4.78 is 1.79. The van der Waals surface area contributed by atoms with Gasteiger partial charge >= 0.3 is 0 Å². The maximum Gasteiger partial charge on any atom is 0.272 e. The fourth-order valence-corrected chi connectivity index (χ4v) is 3.72. The molecule has 3 aromatic heterocycles. The fraction of sp³-hybridized carbons (Fsp3) is 0.318. The molecule has 0 aliphatic rings. The van der Waals surface area contributed by atoms with Crippen molar-refractivity contribution < 1.29 is 4.79 Å². The Labute approximate surface area is 179 Å². The predicted molar refractivity (Wildman–Crippen MR) is 118 cm³/mol. The van der Waals surface area contributed by atoms with Crippen LogP contribution in [-0.4, -0.2) is 46.8 Å². The molecule has 0 saturated heterocycles. The van der Waals surface area contributed by atoms with E-state index in [-0.39, 0.29) is 24.1 Å². The van der Waals surface area contributed by atoms with Crippen LogP contribution in [0, 0.1) is 13.8 Å². The van der Waals surface area contributed by atoms with Gasteiger partial charge in [0.15, 0.2) is 0 Å². The second-order valence-electron chi connectivity index (χ2n) is 7.89. The van der Waals surface area contributed by atoms with E-state index >= 15 is 0 Å². The van der Waals surface area contributed by atoms with Crippen LogP contribution < -0.4 is 5.56 Å². The van der Waals surface area contributed by atoms with Crippen molar-refractivity contribution in [1.29, 1.82) is 0 Å². The molecule has 1 aromatic carbocycles. The normalized spacial score (nSPS) is 11.4. The average molecular weight is 419 g/mol. The number of fused-ring (bicyclic) bond motifs is 1. The number of H-pyrrole nitrogens is 2. The van der Waals surface area contributed by atoms with E-state index in [9.17, 15) is 9.59 Å². The Hall–Kier alpha value is -3.75. The molecule has 31 heavy (non-hydrogen) atoms. The van der Waals surface area contributed by atoms with E-state index in [1.54, 1.807) is 33.8 Å². The summed E-state index contributed by atoms with van der Waals surface area (Å²) in [6, 6.07) is 8.77. The third-order valence-electron chi connectivity index (χ3n) is 5.44. The lowest BCUT2D eigenvalue weighted by atomic mass is 10.1. The molecule has 4 aromatic rings. The Morgan fingerprint density at radius 3 is 2.65 bits per heavy atom. The number of amides is 1. The number of rotatable bonds is 5. The van der Waals surface area contributed by atoms with Crippen LogP contribution in [-0.2, 0) is 13.6 Å². The molecule has 0 spiro atoms. The van der Waals surface area contributed by atoms with Crippen molar-refractivity contribution in [2.75, 3.05) is 0 Å². The first-order chi connectivity index (χ1) is 14.8. The molecule has 0 saturated carbocycles. The van der Waals surface area contributed by atoms with E-state index in [2.05, 4.69) is 25.3 Å². The van der Waals surface area contributed by atoms with E-state index in [1.807, 2.05) is 40.8 Å². The van der Waals surface area contributed by atoms with Gasteiger partial charge in [-0.05, 0) is 45.9 Å². The zero-order valence-electron chi connectivity index (χ0n) is 18.2. The average Bonchev–Trinajstić information content (AvgIpc) is 3.30. The smallest absolute Gasteiger partial charge is 0.272 e. The Balaban J connectivity index is 1.65. The Bertz CT molecular complexity index is 1330.